The number of nitrogens with one attached hydrogen (secondary N) is 1. The molecule has 1 aliphatic carbocycles. The molecule has 0 atom stereocenters. The van der Waals surface area contributed by atoms with Gasteiger partial charge < -0.3 is 24.0 Å². The standard InChI is InChI=1S/C25H32N2O6/c1-15(2)9-10-18-13-32-14-19(25(30)33-16(3)21(18)17-7-5-6-8-17)27-24(29)22-23(28)20(31-4)11-12-26-22/h11-15,17,28H,5-10H2,1-4H3,(H,27,29). The Balaban J connectivity index is 2.04. The fourth-order valence-corrected chi connectivity index (χ4v) is 4.20. The fourth-order valence-electron chi connectivity index (χ4n) is 4.20. The summed E-state index contributed by atoms with van der Waals surface area (Å²) in [6, 6.07) is 1.42. The van der Waals surface area contributed by atoms with Crippen LogP contribution in [0.4, 0.5) is 5.69 Å². The summed E-state index contributed by atoms with van der Waals surface area (Å²) in [6.45, 7) is 6.12. The summed E-state index contributed by atoms with van der Waals surface area (Å²) < 4.78 is 16.3. The van der Waals surface area contributed by atoms with E-state index in [1.54, 1.807) is 13.2 Å². The number of anilines is 1. The van der Waals surface area contributed by atoms with Gasteiger partial charge in [0.15, 0.2) is 22.9 Å². The van der Waals surface area contributed by atoms with E-state index in [0.29, 0.717) is 17.6 Å². The monoisotopic (exact) mass is 456 g/mol. The van der Waals surface area contributed by atoms with Crippen molar-refractivity contribution in [2.24, 2.45) is 5.92 Å². The number of carbonyl (C=O) groups is 1. The van der Waals surface area contributed by atoms with Crippen molar-refractivity contribution in [2.45, 2.75) is 65.2 Å². The largest absolute Gasteiger partial charge is 0.503 e. The smallest absolute Gasteiger partial charge is 0.363 e. The minimum absolute atomic E-state index is 0.0927. The van der Waals surface area contributed by atoms with Crippen LogP contribution in [0.2, 0.25) is 0 Å². The first-order chi connectivity index (χ1) is 15.8. The van der Waals surface area contributed by atoms with Gasteiger partial charge in [-0.05, 0) is 55.6 Å². The zero-order chi connectivity index (χ0) is 24.0. The molecule has 0 bridgehead atoms. The molecule has 0 aliphatic heterocycles. The Morgan fingerprint density at radius 3 is 2.70 bits per heavy atom. The van der Waals surface area contributed by atoms with Gasteiger partial charge in [-0.25, -0.2) is 9.78 Å². The van der Waals surface area contributed by atoms with Gasteiger partial charge in [-0.15, -0.1) is 0 Å². The third-order valence-electron chi connectivity index (χ3n) is 5.91. The van der Waals surface area contributed by atoms with E-state index in [1.165, 1.54) is 19.4 Å². The lowest BCUT2D eigenvalue weighted by atomic mass is 9.90. The van der Waals surface area contributed by atoms with Crippen molar-refractivity contribution in [1.82, 2.24) is 4.98 Å². The van der Waals surface area contributed by atoms with Gasteiger partial charge in [-0.3, -0.25) is 4.79 Å². The quantitative estimate of drug-likeness (QED) is 0.583. The summed E-state index contributed by atoms with van der Waals surface area (Å²) in [7, 11) is 1.36. The summed E-state index contributed by atoms with van der Waals surface area (Å²) in [5, 5.41) is 12.6. The molecule has 0 radical (unpaired) electrons. The van der Waals surface area contributed by atoms with Crippen molar-refractivity contribution in [1.29, 1.82) is 0 Å². The third kappa shape index (κ3) is 5.94. The maximum Gasteiger partial charge on any atom is 0.363 e. The van der Waals surface area contributed by atoms with Crippen molar-refractivity contribution < 1.29 is 23.5 Å². The minimum atomic E-state index is -0.792. The number of hydrogen-bond donors (Lipinski definition) is 2. The molecular formula is C25H32N2O6. The zero-order valence-corrected chi connectivity index (χ0v) is 19.6. The van der Waals surface area contributed by atoms with Gasteiger partial charge in [0.1, 0.15) is 12.0 Å². The SMILES string of the molecule is COc1ccnc(C(=O)Nc2cocc(CCC(C)C)c(C3CCCC3)c(C)oc2=O)c1O. The number of hydrogen-bond acceptors (Lipinski definition) is 7. The number of aromatic hydroxyl groups is 1. The van der Waals surface area contributed by atoms with Crippen molar-refractivity contribution in [3.05, 3.63) is 57.8 Å². The highest BCUT2D eigenvalue weighted by Crippen LogP contribution is 2.37. The first-order valence-corrected chi connectivity index (χ1v) is 11.3. The maximum atomic E-state index is 12.9. The second-order valence-corrected chi connectivity index (χ2v) is 8.75. The average molecular weight is 457 g/mol. The molecule has 0 unspecified atom stereocenters. The van der Waals surface area contributed by atoms with E-state index >= 15 is 0 Å². The molecule has 2 aromatic rings. The van der Waals surface area contributed by atoms with Crippen molar-refractivity contribution in [2.75, 3.05) is 12.4 Å². The molecule has 0 spiro atoms. The summed E-state index contributed by atoms with van der Waals surface area (Å²) in [5.74, 6) is 0.226. The first kappa shape index (κ1) is 24.4. The number of amides is 1. The highest BCUT2D eigenvalue weighted by Gasteiger charge is 2.23. The average Bonchev–Trinajstić information content (AvgIpc) is 3.31. The van der Waals surface area contributed by atoms with Crippen molar-refractivity contribution in [3.63, 3.8) is 0 Å². The van der Waals surface area contributed by atoms with Crippen LogP contribution in [0.1, 0.15) is 79.2 Å². The molecule has 33 heavy (non-hydrogen) atoms. The van der Waals surface area contributed by atoms with E-state index in [0.717, 1.165) is 55.9 Å². The molecule has 1 fully saturated rings. The van der Waals surface area contributed by atoms with Crippen molar-refractivity contribution >= 4 is 11.6 Å². The normalized spacial score (nSPS) is 13.7. The fraction of sp³-hybridized carbons (Fsp3) is 0.480. The van der Waals surface area contributed by atoms with Crippen LogP contribution in [-0.2, 0) is 6.42 Å². The number of carbonyl (C=O) groups excluding carboxylic acids is 1. The van der Waals surface area contributed by atoms with Gasteiger partial charge >= 0.3 is 5.63 Å². The molecule has 3 rings (SSSR count). The van der Waals surface area contributed by atoms with Crippen LogP contribution in [0.25, 0.3) is 0 Å². The summed E-state index contributed by atoms with van der Waals surface area (Å²) in [6.07, 6.45) is 10.3. The first-order valence-electron chi connectivity index (χ1n) is 11.3. The van der Waals surface area contributed by atoms with Crippen LogP contribution in [0, 0.1) is 12.8 Å². The number of nitrogens with zero attached hydrogens (tertiary/aromatic N) is 1. The molecule has 2 aromatic heterocycles. The Morgan fingerprint density at radius 1 is 1.30 bits per heavy atom. The third-order valence-corrected chi connectivity index (χ3v) is 5.91. The van der Waals surface area contributed by atoms with E-state index < -0.39 is 17.3 Å². The van der Waals surface area contributed by atoms with Crippen LogP contribution in [0.3, 0.4) is 0 Å². The second-order valence-electron chi connectivity index (χ2n) is 8.75. The lowest BCUT2D eigenvalue weighted by Gasteiger charge is -2.15. The Labute approximate surface area is 193 Å². The van der Waals surface area contributed by atoms with E-state index in [9.17, 15) is 14.7 Å². The van der Waals surface area contributed by atoms with Gasteiger partial charge in [0.2, 0.25) is 0 Å². The lowest BCUT2D eigenvalue weighted by Crippen LogP contribution is -2.18. The minimum Gasteiger partial charge on any atom is -0.503 e. The summed E-state index contributed by atoms with van der Waals surface area (Å²) in [4.78, 5) is 29.5. The molecule has 0 aromatic carbocycles. The zero-order valence-electron chi connectivity index (χ0n) is 19.6. The number of ether oxygens (including phenoxy) is 1. The van der Waals surface area contributed by atoms with Gasteiger partial charge in [-0.2, -0.15) is 0 Å². The number of rotatable bonds is 7. The highest BCUT2D eigenvalue weighted by molar-refractivity contribution is 6.04. The van der Waals surface area contributed by atoms with Crippen molar-refractivity contribution in [3.8, 4) is 11.5 Å². The molecule has 8 nitrogen and oxygen atoms in total. The topological polar surface area (TPSA) is 115 Å². The number of aryl methyl sites for hydroxylation is 2. The van der Waals surface area contributed by atoms with E-state index in [2.05, 4.69) is 24.1 Å². The number of methoxy groups -OCH3 is 1. The maximum absolute atomic E-state index is 12.9. The number of pyridine rings is 1. The molecule has 1 amide bonds. The predicted molar refractivity (Wildman–Crippen MR) is 124 cm³/mol. The molecule has 2 N–H and O–H groups in total. The van der Waals surface area contributed by atoms with Gasteiger partial charge in [0.25, 0.3) is 5.91 Å². The predicted octanol–water partition coefficient (Wildman–Crippen LogP) is 5.27. The summed E-state index contributed by atoms with van der Waals surface area (Å²) >= 11 is 0. The van der Waals surface area contributed by atoms with Crippen LogP contribution >= 0.6 is 0 Å². The highest BCUT2D eigenvalue weighted by atomic mass is 16.5. The van der Waals surface area contributed by atoms with Crippen LogP contribution < -0.4 is 15.7 Å². The molecule has 1 aliphatic rings. The Hall–Kier alpha value is -3.29. The molecule has 1 saturated carbocycles. The second kappa shape index (κ2) is 11.0. The Bertz CT molecular complexity index is 1090. The van der Waals surface area contributed by atoms with Gasteiger partial charge in [-0.1, -0.05) is 26.7 Å². The molecule has 8 heteroatoms. The van der Waals surface area contributed by atoms with Gasteiger partial charge in [0.05, 0.1) is 13.4 Å². The van der Waals surface area contributed by atoms with E-state index in [-0.39, 0.29) is 17.1 Å². The summed E-state index contributed by atoms with van der Waals surface area (Å²) in [5.41, 5.74) is 0.800. The van der Waals surface area contributed by atoms with Gasteiger partial charge in [0, 0.05) is 12.3 Å². The lowest BCUT2D eigenvalue weighted by molar-refractivity contribution is 0.101. The molecule has 0 saturated heterocycles. The van der Waals surface area contributed by atoms with Crippen LogP contribution in [0.5, 0.6) is 11.5 Å². The van der Waals surface area contributed by atoms with Crippen LogP contribution in [-0.4, -0.2) is 23.1 Å². The molecule has 2 heterocycles. The Kier molecular flexibility index (Phi) is 8.14. The molecule has 178 valence electrons. The Morgan fingerprint density at radius 2 is 2.03 bits per heavy atom. The molecular weight excluding hydrogens is 424 g/mol. The number of aromatic nitrogens is 1. The van der Waals surface area contributed by atoms with Crippen LogP contribution in [0.15, 0.2) is 38.4 Å². The van der Waals surface area contributed by atoms with E-state index in [4.69, 9.17) is 13.6 Å². The van der Waals surface area contributed by atoms with E-state index in [1.807, 2.05) is 0 Å².